The van der Waals surface area contributed by atoms with Crippen LogP contribution in [-0.4, -0.2) is 56.3 Å². The second-order valence-electron chi connectivity index (χ2n) is 5.80. The molecular weight excluding hydrogens is 389 g/mol. The molecule has 168 valence electrons. The van der Waals surface area contributed by atoms with Crippen LogP contribution in [0.2, 0.25) is 0 Å². The molecule has 10 heteroatoms. The van der Waals surface area contributed by atoms with Crippen molar-refractivity contribution in [3.05, 3.63) is 0 Å². The molecule has 2 atom stereocenters. The summed E-state index contributed by atoms with van der Waals surface area (Å²) in [6.45, 7) is 7.80. The van der Waals surface area contributed by atoms with Crippen molar-refractivity contribution in [3.8, 4) is 0 Å². The maximum atomic E-state index is 11.8. The van der Waals surface area contributed by atoms with Gasteiger partial charge in [0.2, 0.25) is 0 Å². The van der Waals surface area contributed by atoms with Gasteiger partial charge in [-0.15, -0.1) is 0 Å². The number of hydrogen-bond donors (Lipinski definition) is 2. The lowest BCUT2D eigenvalue weighted by Gasteiger charge is -2.19. The molecule has 28 heavy (non-hydrogen) atoms. The number of phosphoric acid groups is 1. The summed E-state index contributed by atoms with van der Waals surface area (Å²) in [5.74, 6) is -0.886. The van der Waals surface area contributed by atoms with E-state index in [0.29, 0.717) is 19.4 Å². The summed E-state index contributed by atoms with van der Waals surface area (Å²) in [6.07, 6.45) is 2.57. The third kappa shape index (κ3) is 18.4. The van der Waals surface area contributed by atoms with E-state index >= 15 is 0 Å². The summed E-state index contributed by atoms with van der Waals surface area (Å²) in [7, 11) is -2.46. The summed E-state index contributed by atoms with van der Waals surface area (Å²) < 4.78 is 31.7. The second-order valence-corrected chi connectivity index (χ2v) is 7.25. The number of likely N-dealkylation sites (N-methyl/N-ethyl adjacent to an activating group) is 1. The van der Waals surface area contributed by atoms with Gasteiger partial charge in [-0.3, -0.25) is 18.6 Å². The first-order chi connectivity index (χ1) is 13.3. The van der Waals surface area contributed by atoms with E-state index in [1.807, 2.05) is 27.7 Å². The number of quaternary nitrogens is 1. The Balaban J connectivity index is 0. The zero-order chi connectivity index (χ0) is 21.8. The molecule has 0 radical (unpaired) electrons. The Morgan fingerprint density at radius 3 is 2.11 bits per heavy atom. The van der Waals surface area contributed by atoms with Crippen LogP contribution in [-0.2, 0) is 32.7 Å². The molecular formula is C18H39NO8P+. The van der Waals surface area contributed by atoms with Crippen LogP contribution >= 0.6 is 7.82 Å². The molecule has 0 aromatic carbocycles. The summed E-state index contributed by atoms with van der Waals surface area (Å²) in [4.78, 5) is 33.0. The van der Waals surface area contributed by atoms with Gasteiger partial charge in [0.15, 0.2) is 6.10 Å². The van der Waals surface area contributed by atoms with E-state index in [1.54, 1.807) is 12.4 Å². The van der Waals surface area contributed by atoms with Crippen LogP contribution in [0.5, 0.6) is 0 Å². The highest BCUT2D eigenvalue weighted by Crippen LogP contribution is 2.42. The minimum atomic E-state index is -4.26. The second kappa shape index (κ2) is 19.3. The van der Waals surface area contributed by atoms with Gasteiger partial charge in [0.25, 0.3) is 0 Å². The molecule has 0 saturated heterocycles. The average molecular weight is 428 g/mol. The van der Waals surface area contributed by atoms with Crippen molar-refractivity contribution in [2.24, 2.45) is 0 Å². The summed E-state index contributed by atoms with van der Waals surface area (Å²) >= 11 is 0. The molecule has 0 rings (SSSR count). The number of unbranched alkanes of at least 4 members (excludes halogenated alkanes) is 2. The van der Waals surface area contributed by atoms with Crippen molar-refractivity contribution in [2.45, 2.75) is 72.3 Å². The van der Waals surface area contributed by atoms with Crippen molar-refractivity contribution in [1.29, 1.82) is 0 Å². The number of carbonyl (C=O) groups excluding carboxylic acids is 2. The fourth-order valence-corrected chi connectivity index (χ4v) is 2.53. The van der Waals surface area contributed by atoms with Crippen molar-refractivity contribution < 1.29 is 42.9 Å². The first-order valence-electron chi connectivity index (χ1n) is 10.1. The molecule has 0 saturated carbocycles. The average Bonchev–Trinajstić information content (AvgIpc) is 2.68. The van der Waals surface area contributed by atoms with Crippen LogP contribution < -0.4 is 5.32 Å². The molecule has 0 amide bonds. The van der Waals surface area contributed by atoms with Gasteiger partial charge in [0.1, 0.15) is 13.2 Å². The predicted octanol–water partition coefficient (Wildman–Crippen LogP) is 2.17. The standard InChI is InChI=1S/C16H32NO8P.C2H6/c1-4-6-8-15(18)22-12-14(25-16(19)9-7-5-2)13-24-26(20,21)23-11-10-17-3;1-2/h14,17H,4-13H2,1-3H3,(H,20,21);1-2H3/p+1. The largest absolute Gasteiger partial charge is 0.472 e. The number of rotatable bonds is 16. The van der Waals surface area contributed by atoms with Crippen molar-refractivity contribution in [2.75, 3.05) is 33.4 Å². The number of carbonyl (C=O) groups is 2. The van der Waals surface area contributed by atoms with Crippen LogP contribution in [0, 0.1) is 0 Å². The van der Waals surface area contributed by atoms with Crippen molar-refractivity contribution in [3.63, 3.8) is 0 Å². The Morgan fingerprint density at radius 1 is 1.00 bits per heavy atom. The molecule has 0 fully saturated rings. The maximum absolute atomic E-state index is 11.8. The number of nitrogens with two attached hydrogens (primary N) is 1. The molecule has 0 heterocycles. The number of esters is 2. The van der Waals surface area contributed by atoms with Crippen LogP contribution in [0.1, 0.15) is 66.2 Å². The van der Waals surface area contributed by atoms with Gasteiger partial charge >= 0.3 is 19.8 Å². The summed E-state index contributed by atoms with van der Waals surface area (Å²) in [5, 5.41) is 1.79. The van der Waals surface area contributed by atoms with Crippen LogP contribution in [0.3, 0.4) is 0 Å². The lowest BCUT2D eigenvalue weighted by molar-refractivity contribution is -0.627. The fourth-order valence-electron chi connectivity index (χ4n) is 1.76. The molecule has 9 nitrogen and oxygen atoms in total. The van der Waals surface area contributed by atoms with E-state index in [2.05, 4.69) is 0 Å². The molecule has 2 unspecified atom stereocenters. The van der Waals surface area contributed by atoms with Crippen molar-refractivity contribution in [1.82, 2.24) is 0 Å². The Bertz CT molecular complexity index is 447. The fraction of sp³-hybridized carbons (Fsp3) is 0.889. The summed E-state index contributed by atoms with van der Waals surface area (Å²) in [5.41, 5.74) is 0. The van der Waals surface area contributed by atoms with Crippen molar-refractivity contribution >= 4 is 19.8 Å². The monoisotopic (exact) mass is 428 g/mol. The molecule has 3 N–H and O–H groups in total. The molecule has 0 bridgehead atoms. The number of ether oxygens (including phenoxy) is 2. The normalized spacial score (nSPS) is 13.6. The summed E-state index contributed by atoms with van der Waals surface area (Å²) in [6, 6.07) is 0. The lowest BCUT2D eigenvalue weighted by Crippen LogP contribution is -2.80. The Hall–Kier alpha value is -0.990. The zero-order valence-electron chi connectivity index (χ0n) is 18.0. The molecule has 0 aliphatic rings. The minimum Gasteiger partial charge on any atom is -0.462 e. The lowest BCUT2D eigenvalue weighted by atomic mass is 10.2. The molecule has 0 aliphatic heterocycles. The highest BCUT2D eigenvalue weighted by molar-refractivity contribution is 7.47. The Labute approximate surface area is 169 Å². The maximum Gasteiger partial charge on any atom is 0.472 e. The third-order valence-electron chi connectivity index (χ3n) is 3.28. The highest BCUT2D eigenvalue weighted by Gasteiger charge is 2.26. The zero-order valence-corrected chi connectivity index (χ0v) is 18.9. The van der Waals surface area contributed by atoms with E-state index in [4.69, 9.17) is 18.5 Å². The molecule has 0 aliphatic carbocycles. The predicted molar refractivity (Wildman–Crippen MR) is 106 cm³/mol. The van der Waals surface area contributed by atoms with Crippen LogP contribution in [0.15, 0.2) is 0 Å². The van der Waals surface area contributed by atoms with Gasteiger partial charge in [-0.1, -0.05) is 40.5 Å². The first kappa shape index (κ1) is 29.2. The third-order valence-corrected chi connectivity index (χ3v) is 4.27. The Kier molecular flexibility index (Phi) is 20.2. The van der Waals surface area contributed by atoms with E-state index in [9.17, 15) is 19.0 Å². The van der Waals surface area contributed by atoms with Gasteiger partial charge in [-0.05, 0) is 12.8 Å². The van der Waals surface area contributed by atoms with E-state index in [-0.39, 0.29) is 26.1 Å². The SMILES string of the molecule is CC.CCCCC(=O)OCC(COP(=O)(O)OCC[NH2+]C)OC(=O)CCCC. The van der Waals surface area contributed by atoms with Gasteiger partial charge in [0.05, 0.1) is 20.2 Å². The number of phosphoric ester groups is 1. The smallest absolute Gasteiger partial charge is 0.462 e. The highest BCUT2D eigenvalue weighted by atomic mass is 31.2. The first-order valence-corrected chi connectivity index (χ1v) is 11.6. The van der Waals surface area contributed by atoms with E-state index < -0.39 is 32.5 Å². The number of hydrogen-bond acceptors (Lipinski definition) is 7. The molecule has 0 aromatic heterocycles. The quantitative estimate of drug-likeness (QED) is 0.218. The van der Waals surface area contributed by atoms with Gasteiger partial charge in [0, 0.05) is 12.8 Å². The Morgan fingerprint density at radius 2 is 1.57 bits per heavy atom. The van der Waals surface area contributed by atoms with Crippen LogP contribution in [0.4, 0.5) is 0 Å². The van der Waals surface area contributed by atoms with E-state index in [1.165, 1.54) is 0 Å². The minimum absolute atomic E-state index is 0.0389. The topological polar surface area (TPSA) is 125 Å². The van der Waals surface area contributed by atoms with E-state index in [0.717, 1.165) is 12.8 Å². The van der Waals surface area contributed by atoms with Crippen LogP contribution in [0.25, 0.3) is 0 Å². The van der Waals surface area contributed by atoms with Gasteiger partial charge < -0.3 is 19.7 Å². The molecule has 0 spiro atoms. The molecule has 0 aromatic rings. The van der Waals surface area contributed by atoms with Gasteiger partial charge in [-0.2, -0.15) is 0 Å². The van der Waals surface area contributed by atoms with Gasteiger partial charge in [-0.25, -0.2) is 4.57 Å².